The van der Waals surface area contributed by atoms with E-state index in [0.717, 1.165) is 62.7 Å². The van der Waals surface area contributed by atoms with Gasteiger partial charge in [0.1, 0.15) is 5.82 Å². The number of nitrogens with zero attached hydrogens (tertiary/aromatic N) is 5. The lowest BCUT2D eigenvalue weighted by molar-refractivity contribution is -0.135. The van der Waals surface area contributed by atoms with Gasteiger partial charge in [0.05, 0.1) is 0 Å². The molecule has 0 radical (unpaired) electrons. The molecule has 2 N–H and O–H groups in total. The Morgan fingerprint density at radius 1 is 1.29 bits per heavy atom. The van der Waals surface area contributed by atoms with Gasteiger partial charge < -0.3 is 15.5 Å². The molecule has 2 aromatic rings. The monoisotopic (exact) mass is 385 g/mol. The van der Waals surface area contributed by atoms with E-state index in [1.54, 1.807) is 7.05 Å². The van der Waals surface area contributed by atoms with E-state index < -0.39 is 0 Å². The number of aryl methyl sites for hydroxylation is 1. The minimum Gasteiger partial charge on any atom is -0.356 e. The first-order valence-corrected chi connectivity index (χ1v) is 10.1. The van der Waals surface area contributed by atoms with E-state index in [0.29, 0.717) is 6.04 Å². The number of piperidine rings is 1. The molecule has 1 saturated heterocycles. The van der Waals surface area contributed by atoms with Crippen LogP contribution < -0.4 is 10.6 Å². The van der Waals surface area contributed by atoms with Crippen molar-refractivity contribution in [2.45, 2.75) is 45.6 Å². The summed E-state index contributed by atoms with van der Waals surface area (Å²) in [7, 11) is 1.79. The lowest BCUT2D eigenvalue weighted by atomic mass is 10.0. The summed E-state index contributed by atoms with van der Waals surface area (Å²) in [5, 5.41) is 15.3. The second-order valence-electron chi connectivity index (χ2n) is 7.55. The molecule has 0 unspecified atom stereocenters. The van der Waals surface area contributed by atoms with E-state index in [1.807, 2.05) is 47.5 Å². The summed E-state index contributed by atoms with van der Waals surface area (Å²) >= 11 is 0. The average Bonchev–Trinajstić information content (AvgIpc) is 3.13. The third-order valence-electron chi connectivity index (χ3n) is 5.12. The van der Waals surface area contributed by atoms with Crippen LogP contribution in [0.3, 0.4) is 0 Å². The van der Waals surface area contributed by atoms with Gasteiger partial charge in [0, 0.05) is 51.3 Å². The molecule has 0 atom stereocenters. The number of hydrogen-bond acceptors (Lipinski definition) is 4. The third kappa shape index (κ3) is 4.99. The molecule has 8 heteroatoms. The Kier molecular flexibility index (Phi) is 6.84. The van der Waals surface area contributed by atoms with Gasteiger partial charge in [0.25, 0.3) is 0 Å². The van der Waals surface area contributed by atoms with Crippen LogP contribution in [-0.2, 0) is 11.2 Å². The molecule has 0 spiro atoms. The molecule has 2 aromatic heterocycles. The summed E-state index contributed by atoms with van der Waals surface area (Å²) in [5.41, 5.74) is 0.880. The first kappa shape index (κ1) is 20.1. The number of amides is 1. The van der Waals surface area contributed by atoms with Crippen LogP contribution in [-0.4, -0.2) is 64.1 Å². The predicted molar refractivity (Wildman–Crippen MR) is 110 cm³/mol. The number of likely N-dealkylation sites (tertiary alicyclic amines) is 1. The summed E-state index contributed by atoms with van der Waals surface area (Å²) < 4.78 is 2.03. The Balaban J connectivity index is 1.39. The van der Waals surface area contributed by atoms with Gasteiger partial charge >= 0.3 is 0 Å². The van der Waals surface area contributed by atoms with E-state index in [9.17, 15) is 4.79 Å². The van der Waals surface area contributed by atoms with E-state index in [-0.39, 0.29) is 11.8 Å². The molecule has 8 nitrogen and oxygen atoms in total. The highest BCUT2D eigenvalue weighted by atomic mass is 16.2. The third-order valence-corrected chi connectivity index (χ3v) is 5.12. The fraction of sp³-hybridized carbons (Fsp3) is 0.600. The van der Waals surface area contributed by atoms with Gasteiger partial charge in [-0.25, -0.2) is 0 Å². The van der Waals surface area contributed by atoms with Crippen LogP contribution >= 0.6 is 0 Å². The molecule has 0 aliphatic carbocycles. The van der Waals surface area contributed by atoms with E-state index in [4.69, 9.17) is 0 Å². The van der Waals surface area contributed by atoms with Crippen molar-refractivity contribution in [3.8, 4) is 0 Å². The first-order chi connectivity index (χ1) is 13.6. The topological polar surface area (TPSA) is 86.9 Å². The molecule has 28 heavy (non-hydrogen) atoms. The number of rotatable bonds is 6. The van der Waals surface area contributed by atoms with Crippen molar-refractivity contribution in [2.75, 3.05) is 26.7 Å². The van der Waals surface area contributed by atoms with Crippen molar-refractivity contribution in [3.63, 3.8) is 0 Å². The fourth-order valence-corrected chi connectivity index (χ4v) is 3.51. The highest BCUT2D eigenvalue weighted by Gasteiger charge is 2.24. The molecule has 0 saturated carbocycles. The number of carbonyl (C=O) groups is 1. The average molecular weight is 386 g/mol. The highest BCUT2D eigenvalue weighted by Crippen LogP contribution is 2.13. The largest absolute Gasteiger partial charge is 0.356 e. The number of pyridine rings is 1. The second kappa shape index (κ2) is 9.52. The van der Waals surface area contributed by atoms with Gasteiger partial charge in [-0.3, -0.25) is 14.2 Å². The van der Waals surface area contributed by atoms with Crippen LogP contribution in [0.2, 0.25) is 0 Å². The summed E-state index contributed by atoms with van der Waals surface area (Å²) in [4.78, 5) is 18.4. The van der Waals surface area contributed by atoms with Crippen LogP contribution in [0.5, 0.6) is 0 Å². The molecule has 1 aliphatic rings. The smallest absolute Gasteiger partial charge is 0.225 e. The number of fused-ring (bicyclic) bond motifs is 1. The van der Waals surface area contributed by atoms with Crippen molar-refractivity contribution < 1.29 is 4.79 Å². The molecule has 1 amide bonds. The Hall–Kier alpha value is -2.64. The normalized spacial score (nSPS) is 16.0. The summed E-state index contributed by atoms with van der Waals surface area (Å²) in [6.45, 7) is 6.35. The van der Waals surface area contributed by atoms with Gasteiger partial charge in [0.15, 0.2) is 11.6 Å². The SMILES string of the molecule is CN=C(NCCCc1nnc2ccccn12)NC1CCN(C(=O)C(C)C)CC1. The van der Waals surface area contributed by atoms with Crippen molar-refractivity contribution in [1.82, 2.24) is 30.1 Å². The first-order valence-electron chi connectivity index (χ1n) is 10.1. The van der Waals surface area contributed by atoms with E-state index in [1.165, 1.54) is 0 Å². The van der Waals surface area contributed by atoms with Crippen LogP contribution in [0.1, 0.15) is 38.9 Å². The van der Waals surface area contributed by atoms with Gasteiger partial charge in [-0.05, 0) is 31.4 Å². The molecule has 0 bridgehead atoms. The van der Waals surface area contributed by atoms with Crippen molar-refractivity contribution >= 4 is 17.5 Å². The highest BCUT2D eigenvalue weighted by molar-refractivity contribution is 5.80. The van der Waals surface area contributed by atoms with Crippen molar-refractivity contribution in [3.05, 3.63) is 30.2 Å². The molecule has 1 aliphatic heterocycles. The number of guanidine groups is 1. The van der Waals surface area contributed by atoms with E-state index >= 15 is 0 Å². The number of nitrogens with one attached hydrogen (secondary N) is 2. The van der Waals surface area contributed by atoms with Crippen LogP contribution in [0.15, 0.2) is 29.4 Å². The van der Waals surface area contributed by atoms with Gasteiger partial charge in [-0.1, -0.05) is 19.9 Å². The lowest BCUT2D eigenvalue weighted by Gasteiger charge is -2.34. The zero-order valence-corrected chi connectivity index (χ0v) is 17.1. The zero-order valence-electron chi connectivity index (χ0n) is 17.1. The Morgan fingerprint density at radius 3 is 2.79 bits per heavy atom. The van der Waals surface area contributed by atoms with Crippen LogP contribution in [0.25, 0.3) is 5.65 Å². The van der Waals surface area contributed by atoms with Gasteiger partial charge in [-0.15, -0.1) is 10.2 Å². The van der Waals surface area contributed by atoms with Crippen molar-refractivity contribution in [2.24, 2.45) is 10.9 Å². The molecular weight excluding hydrogens is 354 g/mol. The number of aliphatic imine (C=N–C) groups is 1. The maximum absolute atomic E-state index is 12.1. The number of aromatic nitrogens is 3. The summed E-state index contributed by atoms with van der Waals surface area (Å²) in [5.74, 6) is 2.12. The summed E-state index contributed by atoms with van der Waals surface area (Å²) in [6.07, 6.45) is 5.69. The Labute approximate surface area is 166 Å². The number of carbonyl (C=O) groups excluding carboxylic acids is 1. The minimum absolute atomic E-state index is 0.0707. The molecule has 3 heterocycles. The minimum atomic E-state index is 0.0707. The lowest BCUT2D eigenvalue weighted by Crippen LogP contribution is -2.50. The molecule has 0 aromatic carbocycles. The standard InChI is InChI=1S/C20H31N7O/c1-15(2)19(28)26-13-9-16(10-14-26)23-20(21-3)22-11-6-8-18-25-24-17-7-4-5-12-27(17)18/h4-5,7,12,15-16H,6,8-11,13-14H2,1-3H3,(H2,21,22,23). The maximum Gasteiger partial charge on any atom is 0.225 e. The maximum atomic E-state index is 12.1. The molecule has 1 fully saturated rings. The molecule has 152 valence electrons. The Bertz CT molecular complexity index is 806. The quantitative estimate of drug-likeness (QED) is 0.447. The summed E-state index contributed by atoms with van der Waals surface area (Å²) in [6, 6.07) is 6.27. The molecular formula is C20H31N7O. The number of hydrogen-bond donors (Lipinski definition) is 2. The van der Waals surface area contributed by atoms with Gasteiger partial charge in [0.2, 0.25) is 5.91 Å². The Morgan fingerprint density at radius 2 is 2.07 bits per heavy atom. The van der Waals surface area contributed by atoms with Crippen LogP contribution in [0, 0.1) is 5.92 Å². The zero-order chi connectivity index (χ0) is 19.9. The molecule has 3 rings (SSSR count). The predicted octanol–water partition coefficient (Wildman–Crippen LogP) is 1.47. The second-order valence-corrected chi connectivity index (χ2v) is 7.55. The fourth-order valence-electron chi connectivity index (χ4n) is 3.51. The van der Waals surface area contributed by atoms with Crippen LogP contribution in [0.4, 0.5) is 0 Å². The van der Waals surface area contributed by atoms with E-state index in [2.05, 4.69) is 25.8 Å². The van der Waals surface area contributed by atoms with Crippen molar-refractivity contribution in [1.29, 1.82) is 0 Å². The van der Waals surface area contributed by atoms with Gasteiger partial charge in [-0.2, -0.15) is 0 Å².